The predicted octanol–water partition coefficient (Wildman–Crippen LogP) is 2.92. The monoisotopic (exact) mass is 266 g/mol. The topological polar surface area (TPSA) is 32.8 Å². The first-order valence-electron chi connectivity index (χ1n) is 6.25. The summed E-state index contributed by atoms with van der Waals surface area (Å²) < 4.78 is 18.5. The largest absolute Gasteiger partial charge is 0.443 e. The lowest BCUT2D eigenvalue weighted by Gasteiger charge is -2.30. The maximum atomic E-state index is 13.1. The lowest BCUT2D eigenvalue weighted by Crippen LogP contribution is -2.43. The Morgan fingerprint density at radius 2 is 1.95 bits per heavy atom. The number of benzene rings is 1. The molecule has 1 aliphatic rings. The predicted molar refractivity (Wildman–Crippen MR) is 69.6 cm³/mol. The van der Waals surface area contributed by atoms with Crippen LogP contribution in [0.2, 0.25) is 0 Å². The molecule has 0 fully saturated rings. The number of hydrazine groups is 1. The minimum atomic E-state index is -0.524. The number of carbonyl (C=O) groups is 1. The minimum Gasteiger partial charge on any atom is -0.443 e. The highest BCUT2D eigenvalue weighted by atomic mass is 19.1. The summed E-state index contributed by atoms with van der Waals surface area (Å²) in [6, 6.07) is 4.71. The van der Waals surface area contributed by atoms with Gasteiger partial charge in [0.15, 0.2) is 0 Å². The highest BCUT2D eigenvalue weighted by molar-refractivity contribution is 5.67. The average Bonchev–Trinajstić information content (AvgIpc) is 2.68. The van der Waals surface area contributed by atoms with Gasteiger partial charge >= 0.3 is 6.09 Å². The van der Waals surface area contributed by atoms with E-state index in [4.69, 9.17) is 4.74 Å². The zero-order valence-electron chi connectivity index (χ0n) is 11.7. The Balaban J connectivity index is 2.04. The molecule has 0 saturated heterocycles. The second kappa shape index (κ2) is 4.81. The van der Waals surface area contributed by atoms with Crippen LogP contribution in [-0.4, -0.2) is 28.8 Å². The van der Waals surface area contributed by atoms with Crippen molar-refractivity contribution in [2.24, 2.45) is 0 Å². The minimum absolute atomic E-state index is 0.250. The summed E-state index contributed by atoms with van der Waals surface area (Å²) in [6.45, 7) is 6.58. The Bertz CT molecular complexity index is 497. The van der Waals surface area contributed by atoms with Gasteiger partial charge in [-0.1, -0.05) is 6.07 Å². The van der Waals surface area contributed by atoms with Crippen molar-refractivity contribution < 1.29 is 13.9 Å². The SMILES string of the molecule is CN(C(=O)OC(C)(C)C)N1Cc2ccc(F)cc2C1. The van der Waals surface area contributed by atoms with E-state index in [-0.39, 0.29) is 5.82 Å². The van der Waals surface area contributed by atoms with E-state index in [0.29, 0.717) is 13.1 Å². The Labute approximate surface area is 112 Å². The molecule has 0 aliphatic carbocycles. The van der Waals surface area contributed by atoms with Gasteiger partial charge in [-0.05, 0) is 44.0 Å². The fourth-order valence-corrected chi connectivity index (χ4v) is 2.00. The van der Waals surface area contributed by atoms with Crippen LogP contribution < -0.4 is 0 Å². The molecule has 1 heterocycles. The van der Waals surface area contributed by atoms with E-state index in [1.54, 1.807) is 13.1 Å². The van der Waals surface area contributed by atoms with Gasteiger partial charge < -0.3 is 4.74 Å². The number of carbonyl (C=O) groups excluding carboxylic acids is 1. The molecule has 19 heavy (non-hydrogen) atoms. The van der Waals surface area contributed by atoms with Crippen molar-refractivity contribution in [1.82, 2.24) is 10.0 Å². The molecule has 2 rings (SSSR count). The molecule has 1 aromatic rings. The van der Waals surface area contributed by atoms with Gasteiger partial charge in [0.05, 0.1) is 0 Å². The van der Waals surface area contributed by atoms with Crippen LogP contribution in [0.4, 0.5) is 9.18 Å². The van der Waals surface area contributed by atoms with Crippen LogP contribution in [0.3, 0.4) is 0 Å². The summed E-state index contributed by atoms with van der Waals surface area (Å²) in [7, 11) is 1.66. The molecule has 0 atom stereocenters. The molecule has 0 spiro atoms. The molecule has 0 radical (unpaired) electrons. The van der Waals surface area contributed by atoms with Gasteiger partial charge in [-0.15, -0.1) is 0 Å². The summed E-state index contributed by atoms with van der Waals surface area (Å²) in [5, 5.41) is 3.28. The molecule has 0 N–H and O–H groups in total. The van der Waals surface area contributed by atoms with Gasteiger partial charge in [0, 0.05) is 20.1 Å². The number of hydrogen-bond donors (Lipinski definition) is 0. The third-order valence-electron chi connectivity index (χ3n) is 2.96. The first kappa shape index (κ1) is 13.8. The number of fused-ring (bicyclic) bond motifs is 1. The molecular formula is C14H19FN2O2. The van der Waals surface area contributed by atoms with E-state index in [1.165, 1.54) is 17.1 Å². The molecule has 1 amide bonds. The number of rotatable bonds is 1. The Hall–Kier alpha value is -1.62. The van der Waals surface area contributed by atoms with Crippen molar-refractivity contribution in [1.29, 1.82) is 0 Å². The van der Waals surface area contributed by atoms with Gasteiger partial charge in [0.25, 0.3) is 0 Å². The van der Waals surface area contributed by atoms with E-state index in [0.717, 1.165) is 11.1 Å². The molecule has 4 nitrogen and oxygen atoms in total. The van der Waals surface area contributed by atoms with E-state index in [2.05, 4.69) is 0 Å². The summed E-state index contributed by atoms with van der Waals surface area (Å²) in [5.41, 5.74) is 1.43. The first-order valence-corrected chi connectivity index (χ1v) is 6.25. The van der Waals surface area contributed by atoms with Crippen molar-refractivity contribution in [3.05, 3.63) is 35.1 Å². The van der Waals surface area contributed by atoms with Crippen molar-refractivity contribution in [2.45, 2.75) is 39.5 Å². The maximum Gasteiger partial charge on any atom is 0.424 e. The summed E-state index contributed by atoms with van der Waals surface area (Å²) in [5.74, 6) is -0.250. The van der Waals surface area contributed by atoms with Crippen LogP contribution in [0.15, 0.2) is 18.2 Å². The summed E-state index contributed by atoms with van der Waals surface area (Å²) in [4.78, 5) is 12.0. The van der Waals surface area contributed by atoms with Crippen molar-refractivity contribution in [3.63, 3.8) is 0 Å². The van der Waals surface area contributed by atoms with Crippen LogP contribution in [0.1, 0.15) is 31.9 Å². The molecule has 1 aliphatic heterocycles. The molecule has 1 aromatic carbocycles. The van der Waals surface area contributed by atoms with E-state index < -0.39 is 11.7 Å². The second-order valence-electron chi connectivity index (χ2n) is 5.74. The van der Waals surface area contributed by atoms with Gasteiger partial charge in [0.1, 0.15) is 11.4 Å². The third-order valence-corrected chi connectivity index (χ3v) is 2.96. The standard InChI is InChI=1S/C14H19FN2O2/c1-14(2,3)19-13(18)16(4)17-8-10-5-6-12(15)7-11(10)9-17/h5-7H,8-9H2,1-4H3. The zero-order chi connectivity index (χ0) is 14.2. The van der Waals surface area contributed by atoms with E-state index in [1.807, 2.05) is 25.8 Å². The molecular weight excluding hydrogens is 247 g/mol. The van der Waals surface area contributed by atoms with E-state index in [9.17, 15) is 9.18 Å². The maximum absolute atomic E-state index is 13.1. The molecule has 104 valence electrons. The highest BCUT2D eigenvalue weighted by Gasteiger charge is 2.28. The highest BCUT2D eigenvalue weighted by Crippen LogP contribution is 2.25. The Morgan fingerprint density at radius 1 is 1.32 bits per heavy atom. The van der Waals surface area contributed by atoms with Crippen molar-refractivity contribution >= 4 is 6.09 Å². The van der Waals surface area contributed by atoms with E-state index >= 15 is 0 Å². The van der Waals surface area contributed by atoms with Gasteiger partial charge in [-0.25, -0.2) is 19.2 Å². The summed E-state index contributed by atoms with van der Waals surface area (Å²) >= 11 is 0. The normalized spacial score (nSPS) is 15.2. The number of nitrogens with zero attached hydrogens (tertiary/aromatic N) is 2. The Morgan fingerprint density at radius 3 is 2.58 bits per heavy atom. The van der Waals surface area contributed by atoms with Gasteiger partial charge in [-0.2, -0.15) is 0 Å². The van der Waals surface area contributed by atoms with Crippen molar-refractivity contribution in [2.75, 3.05) is 7.05 Å². The van der Waals surface area contributed by atoms with Gasteiger partial charge in [-0.3, -0.25) is 0 Å². The smallest absolute Gasteiger partial charge is 0.424 e. The first-order chi connectivity index (χ1) is 8.76. The van der Waals surface area contributed by atoms with Crippen LogP contribution in [0.25, 0.3) is 0 Å². The van der Waals surface area contributed by atoms with Crippen LogP contribution in [-0.2, 0) is 17.8 Å². The number of ether oxygens (including phenoxy) is 1. The molecule has 5 heteroatoms. The molecule has 0 unspecified atom stereocenters. The quantitative estimate of drug-likeness (QED) is 0.783. The van der Waals surface area contributed by atoms with Crippen LogP contribution in [0, 0.1) is 5.82 Å². The third kappa shape index (κ3) is 3.23. The zero-order valence-corrected chi connectivity index (χ0v) is 11.7. The van der Waals surface area contributed by atoms with Crippen molar-refractivity contribution in [3.8, 4) is 0 Å². The average molecular weight is 266 g/mol. The Kier molecular flexibility index (Phi) is 3.49. The second-order valence-corrected chi connectivity index (χ2v) is 5.74. The lowest BCUT2D eigenvalue weighted by molar-refractivity contribution is -0.0403. The number of amides is 1. The molecule has 0 saturated carbocycles. The summed E-state index contributed by atoms with van der Waals surface area (Å²) in [6.07, 6.45) is -0.402. The fraction of sp³-hybridized carbons (Fsp3) is 0.500. The van der Waals surface area contributed by atoms with Gasteiger partial charge in [0.2, 0.25) is 0 Å². The van der Waals surface area contributed by atoms with Crippen LogP contribution in [0.5, 0.6) is 0 Å². The molecule has 0 bridgehead atoms. The lowest BCUT2D eigenvalue weighted by atomic mass is 10.1. The number of hydrogen-bond acceptors (Lipinski definition) is 3. The number of halogens is 1. The fourth-order valence-electron chi connectivity index (χ4n) is 2.00. The molecule has 0 aromatic heterocycles. The van der Waals surface area contributed by atoms with Crippen LogP contribution >= 0.6 is 0 Å².